The van der Waals surface area contributed by atoms with Crippen molar-refractivity contribution in [3.05, 3.63) is 24.0 Å². The quantitative estimate of drug-likeness (QED) is 0.811. The molecule has 1 saturated heterocycles. The van der Waals surface area contributed by atoms with Gasteiger partial charge in [-0.2, -0.15) is 10.2 Å². The van der Waals surface area contributed by atoms with Gasteiger partial charge in [0.2, 0.25) is 0 Å². The summed E-state index contributed by atoms with van der Waals surface area (Å²) in [5, 5.41) is 10.7. The SMILES string of the molecule is CNC1CCN(C(=O)c2ccnnc2)CC1C. The van der Waals surface area contributed by atoms with E-state index in [1.165, 1.54) is 6.20 Å². The number of amides is 1. The van der Waals surface area contributed by atoms with Crippen LogP contribution in [-0.4, -0.2) is 47.2 Å². The number of hydrogen-bond acceptors (Lipinski definition) is 4. The molecule has 1 fully saturated rings. The van der Waals surface area contributed by atoms with Gasteiger partial charge in [-0.15, -0.1) is 0 Å². The first-order chi connectivity index (χ1) is 8.22. The average molecular weight is 234 g/mol. The van der Waals surface area contributed by atoms with Crippen molar-refractivity contribution < 1.29 is 4.79 Å². The Hall–Kier alpha value is -1.49. The summed E-state index contributed by atoms with van der Waals surface area (Å²) in [7, 11) is 1.98. The number of hydrogen-bond donors (Lipinski definition) is 1. The zero-order valence-electron chi connectivity index (χ0n) is 10.3. The molecule has 1 aromatic heterocycles. The van der Waals surface area contributed by atoms with E-state index >= 15 is 0 Å². The largest absolute Gasteiger partial charge is 0.338 e. The molecule has 2 atom stereocenters. The second kappa shape index (κ2) is 5.23. The first-order valence-corrected chi connectivity index (χ1v) is 5.95. The zero-order chi connectivity index (χ0) is 12.3. The fraction of sp³-hybridized carbons (Fsp3) is 0.583. The van der Waals surface area contributed by atoms with Crippen LogP contribution in [0.5, 0.6) is 0 Å². The second-order valence-electron chi connectivity index (χ2n) is 4.54. The molecule has 2 unspecified atom stereocenters. The Kier molecular flexibility index (Phi) is 3.68. The van der Waals surface area contributed by atoms with Gasteiger partial charge in [0.05, 0.1) is 18.0 Å². The van der Waals surface area contributed by atoms with E-state index in [0.717, 1.165) is 19.5 Å². The molecule has 1 N–H and O–H groups in total. The molecule has 5 heteroatoms. The van der Waals surface area contributed by atoms with Crippen LogP contribution in [-0.2, 0) is 0 Å². The Bertz CT molecular complexity index is 381. The van der Waals surface area contributed by atoms with Crippen LogP contribution < -0.4 is 5.32 Å². The van der Waals surface area contributed by atoms with E-state index in [9.17, 15) is 4.79 Å². The second-order valence-corrected chi connectivity index (χ2v) is 4.54. The highest BCUT2D eigenvalue weighted by Gasteiger charge is 2.28. The van der Waals surface area contributed by atoms with Gasteiger partial charge in [-0.3, -0.25) is 4.79 Å². The Labute approximate surface area is 101 Å². The molecule has 1 aliphatic heterocycles. The first-order valence-electron chi connectivity index (χ1n) is 5.95. The Balaban J connectivity index is 2.03. The normalized spacial score (nSPS) is 24.7. The Morgan fingerprint density at radius 2 is 2.35 bits per heavy atom. The third-order valence-corrected chi connectivity index (χ3v) is 3.39. The zero-order valence-corrected chi connectivity index (χ0v) is 10.3. The van der Waals surface area contributed by atoms with Crippen LogP contribution in [0.3, 0.4) is 0 Å². The maximum absolute atomic E-state index is 12.2. The van der Waals surface area contributed by atoms with Gasteiger partial charge in [0.25, 0.3) is 5.91 Å². The number of nitrogens with one attached hydrogen (secondary N) is 1. The maximum Gasteiger partial charge on any atom is 0.255 e. The number of rotatable bonds is 2. The first kappa shape index (κ1) is 12.0. The van der Waals surface area contributed by atoms with E-state index in [1.54, 1.807) is 12.3 Å². The molecule has 0 saturated carbocycles. The molecule has 0 radical (unpaired) electrons. The number of likely N-dealkylation sites (tertiary alicyclic amines) is 1. The lowest BCUT2D eigenvalue weighted by molar-refractivity contribution is 0.0648. The van der Waals surface area contributed by atoms with Gasteiger partial charge in [0, 0.05) is 19.1 Å². The van der Waals surface area contributed by atoms with Crippen LogP contribution in [0.15, 0.2) is 18.5 Å². The summed E-state index contributed by atoms with van der Waals surface area (Å²) in [6.45, 7) is 3.77. The lowest BCUT2D eigenvalue weighted by Gasteiger charge is -2.36. The monoisotopic (exact) mass is 234 g/mol. The van der Waals surface area contributed by atoms with Gasteiger partial charge in [-0.25, -0.2) is 0 Å². The maximum atomic E-state index is 12.2. The number of carbonyl (C=O) groups excluding carboxylic acids is 1. The molecule has 0 aliphatic carbocycles. The van der Waals surface area contributed by atoms with Crippen LogP contribution in [0.4, 0.5) is 0 Å². The summed E-state index contributed by atoms with van der Waals surface area (Å²) in [5.41, 5.74) is 0.620. The van der Waals surface area contributed by atoms with Gasteiger partial charge in [0.15, 0.2) is 0 Å². The smallest absolute Gasteiger partial charge is 0.255 e. The molecule has 0 aromatic carbocycles. The van der Waals surface area contributed by atoms with E-state index in [1.807, 2.05) is 11.9 Å². The summed E-state index contributed by atoms with van der Waals surface area (Å²) in [6, 6.07) is 2.22. The van der Waals surface area contributed by atoms with Crippen molar-refractivity contribution in [1.29, 1.82) is 0 Å². The molecule has 0 spiro atoms. The van der Waals surface area contributed by atoms with E-state index in [-0.39, 0.29) is 5.91 Å². The highest BCUT2D eigenvalue weighted by atomic mass is 16.2. The molecule has 2 heterocycles. The highest BCUT2D eigenvalue weighted by Crippen LogP contribution is 2.18. The van der Waals surface area contributed by atoms with Crippen molar-refractivity contribution in [3.63, 3.8) is 0 Å². The summed E-state index contributed by atoms with van der Waals surface area (Å²) in [5.74, 6) is 0.536. The van der Waals surface area contributed by atoms with E-state index in [0.29, 0.717) is 17.5 Å². The molecule has 2 rings (SSSR count). The molecule has 1 aromatic rings. The van der Waals surface area contributed by atoms with Crippen molar-refractivity contribution in [1.82, 2.24) is 20.4 Å². The third kappa shape index (κ3) is 2.61. The molecule has 17 heavy (non-hydrogen) atoms. The van der Waals surface area contributed by atoms with Gasteiger partial charge >= 0.3 is 0 Å². The van der Waals surface area contributed by atoms with Crippen LogP contribution in [0.25, 0.3) is 0 Å². The number of aromatic nitrogens is 2. The van der Waals surface area contributed by atoms with Gasteiger partial charge in [-0.1, -0.05) is 6.92 Å². The van der Waals surface area contributed by atoms with E-state index < -0.39 is 0 Å². The van der Waals surface area contributed by atoms with Gasteiger partial charge in [0.1, 0.15) is 0 Å². The minimum absolute atomic E-state index is 0.0568. The fourth-order valence-electron chi connectivity index (χ4n) is 2.36. The number of piperidine rings is 1. The standard InChI is InChI=1S/C12H18N4O/c1-9-8-16(6-4-11(9)13-2)12(17)10-3-5-14-15-7-10/h3,5,7,9,11,13H,4,6,8H2,1-2H3. The Morgan fingerprint density at radius 3 is 2.94 bits per heavy atom. The molecule has 1 amide bonds. The minimum atomic E-state index is 0.0568. The lowest BCUT2D eigenvalue weighted by atomic mass is 9.93. The predicted molar refractivity (Wildman–Crippen MR) is 64.6 cm³/mol. The molecule has 92 valence electrons. The van der Waals surface area contributed by atoms with Crippen molar-refractivity contribution >= 4 is 5.91 Å². The average Bonchev–Trinajstić information content (AvgIpc) is 2.39. The lowest BCUT2D eigenvalue weighted by Crippen LogP contribution is -2.49. The highest BCUT2D eigenvalue weighted by molar-refractivity contribution is 5.93. The molecule has 1 aliphatic rings. The van der Waals surface area contributed by atoms with Crippen molar-refractivity contribution in [2.75, 3.05) is 20.1 Å². The van der Waals surface area contributed by atoms with Gasteiger partial charge < -0.3 is 10.2 Å². The van der Waals surface area contributed by atoms with Crippen LogP contribution >= 0.6 is 0 Å². The minimum Gasteiger partial charge on any atom is -0.338 e. The van der Waals surface area contributed by atoms with Crippen molar-refractivity contribution in [2.24, 2.45) is 5.92 Å². The van der Waals surface area contributed by atoms with Crippen LogP contribution in [0.2, 0.25) is 0 Å². The van der Waals surface area contributed by atoms with Crippen LogP contribution in [0, 0.1) is 5.92 Å². The number of carbonyl (C=O) groups is 1. The molecular weight excluding hydrogens is 216 g/mol. The predicted octanol–water partition coefficient (Wildman–Crippen LogP) is 0.547. The number of nitrogens with zero attached hydrogens (tertiary/aromatic N) is 3. The third-order valence-electron chi connectivity index (χ3n) is 3.39. The van der Waals surface area contributed by atoms with Crippen molar-refractivity contribution in [2.45, 2.75) is 19.4 Å². The topological polar surface area (TPSA) is 58.1 Å². The van der Waals surface area contributed by atoms with Crippen molar-refractivity contribution in [3.8, 4) is 0 Å². The summed E-state index contributed by atoms with van der Waals surface area (Å²) in [6.07, 6.45) is 4.08. The molecule has 5 nitrogen and oxygen atoms in total. The van der Waals surface area contributed by atoms with Gasteiger partial charge in [-0.05, 0) is 25.5 Å². The summed E-state index contributed by atoms with van der Waals surface area (Å²) in [4.78, 5) is 14.1. The molecular formula is C12H18N4O. The molecule has 0 bridgehead atoms. The van der Waals surface area contributed by atoms with E-state index in [2.05, 4.69) is 22.4 Å². The van der Waals surface area contributed by atoms with E-state index in [4.69, 9.17) is 0 Å². The summed E-state index contributed by atoms with van der Waals surface area (Å²) < 4.78 is 0. The Morgan fingerprint density at radius 1 is 1.53 bits per heavy atom. The summed E-state index contributed by atoms with van der Waals surface area (Å²) >= 11 is 0. The fourth-order valence-corrected chi connectivity index (χ4v) is 2.36. The van der Waals surface area contributed by atoms with Crippen LogP contribution in [0.1, 0.15) is 23.7 Å².